The molecule has 10 heteroatoms. The zero-order valence-electron chi connectivity index (χ0n) is 17.6. The van der Waals surface area contributed by atoms with Crippen LogP contribution in [0.3, 0.4) is 0 Å². The first-order chi connectivity index (χ1) is 15.3. The molecular formula is C22H23ClN4O5. The van der Waals surface area contributed by atoms with E-state index in [1.54, 1.807) is 62.4 Å². The molecule has 0 saturated carbocycles. The molecule has 0 aromatic heterocycles. The van der Waals surface area contributed by atoms with Gasteiger partial charge in [0.1, 0.15) is 17.8 Å². The molecule has 5 amide bonds. The third-order valence-electron chi connectivity index (χ3n) is 5.11. The zero-order valence-corrected chi connectivity index (χ0v) is 18.4. The summed E-state index contributed by atoms with van der Waals surface area (Å²) in [6, 6.07) is 13.1. The maximum atomic E-state index is 13.0. The predicted octanol–water partition coefficient (Wildman–Crippen LogP) is 2.03. The molecular weight excluding hydrogens is 436 g/mol. The largest absolute Gasteiger partial charge is 0.483 e. The van der Waals surface area contributed by atoms with Gasteiger partial charge in [-0.15, -0.1) is 0 Å². The van der Waals surface area contributed by atoms with Gasteiger partial charge in [-0.25, -0.2) is 4.79 Å². The van der Waals surface area contributed by atoms with Crippen LogP contribution in [0.4, 0.5) is 4.79 Å². The number of hydrazine groups is 1. The molecule has 1 heterocycles. The predicted molar refractivity (Wildman–Crippen MR) is 117 cm³/mol. The fraction of sp³-hybridized carbons (Fsp3) is 0.273. The standard InChI is InChI=1S/C22H23ClN4O5/c1-3-22(15-7-5-4-6-8-15)20(30)27(21(31)24-22)12-18(28)25-26-19(29)13-32-17-10-9-16(23)11-14(17)2/h4-11H,3,12-13H2,1-2H3,(H,24,31)(H,25,28)(H,26,29)/t22-/m1/s1. The highest BCUT2D eigenvalue weighted by Crippen LogP contribution is 2.32. The molecule has 32 heavy (non-hydrogen) atoms. The van der Waals surface area contributed by atoms with E-state index >= 15 is 0 Å². The Kier molecular flexibility index (Phi) is 6.99. The van der Waals surface area contributed by atoms with Gasteiger partial charge in [0.05, 0.1) is 0 Å². The van der Waals surface area contributed by atoms with Crippen molar-refractivity contribution in [2.45, 2.75) is 25.8 Å². The van der Waals surface area contributed by atoms with E-state index in [9.17, 15) is 19.2 Å². The summed E-state index contributed by atoms with van der Waals surface area (Å²) in [6.07, 6.45) is 0.317. The Bertz CT molecular complexity index is 1050. The number of amides is 5. The van der Waals surface area contributed by atoms with Gasteiger partial charge in [0.25, 0.3) is 17.7 Å². The zero-order chi connectivity index (χ0) is 23.3. The number of halogens is 1. The number of carbonyl (C=O) groups is 4. The van der Waals surface area contributed by atoms with E-state index in [1.807, 2.05) is 0 Å². The van der Waals surface area contributed by atoms with E-state index in [-0.39, 0.29) is 6.61 Å². The van der Waals surface area contributed by atoms with Crippen molar-refractivity contribution >= 4 is 35.4 Å². The first kappa shape index (κ1) is 23.1. The van der Waals surface area contributed by atoms with Crippen molar-refractivity contribution in [3.8, 4) is 5.75 Å². The Labute approximate surface area is 190 Å². The van der Waals surface area contributed by atoms with Gasteiger partial charge in [0, 0.05) is 5.02 Å². The highest BCUT2D eigenvalue weighted by atomic mass is 35.5. The summed E-state index contributed by atoms with van der Waals surface area (Å²) in [4.78, 5) is 50.5. The van der Waals surface area contributed by atoms with E-state index in [0.29, 0.717) is 22.8 Å². The number of rotatable bonds is 7. The molecule has 0 bridgehead atoms. The summed E-state index contributed by atoms with van der Waals surface area (Å²) in [5.74, 6) is -1.40. The summed E-state index contributed by atoms with van der Waals surface area (Å²) >= 11 is 5.88. The van der Waals surface area contributed by atoms with Gasteiger partial charge in [0.2, 0.25) is 0 Å². The van der Waals surface area contributed by atoms with Gasteiger partial charge < -0.3 is 10.1 Å². The van der Waals surface area contributed by atoms with Crippen LogP contribution in [0.25, 0.3) is 0 Å². The molecule has 0 aliphatic carbocycles. The van der Waals surface area contributed by atoms with Crippen LogP contribution in [-0.4, -0.2) is 41.8 Å². The Hall–Kier alpha value is -3.59. The van der Waals surface area contributed by atoms with Gasteiger partial charge in [0.15, 0.2) is 6.61 Å². The van der Waals surface area contributed by atoms with Crippen LogP contribution in [0, 0.1) is 6.92 Å². The quantitative estimate of drug-likeness (QED) is 0.433. The first-order valence-electron chi connectivity index (χ1n) is 9.93. The van der Waals surface area contributed by atoms with Crippen molar-refractivity contribution in [3.63, 3.8) is 0 Å². The molecule has 0 unspecified atom stereocenters. The van der Waals surface area contributed by atoms with Gasteiger partial charge in [-0.3, -0.25) is 30.1 Å². The maximum Gasteiger partial charge on any atom is 0.325 e. The lowest BCUT2D eigenvalue weighted by Gasteiger charge is -2.25. The average molecular weight is 459 g/mol. The van der Waals surface area contributed by atoms with Gasteiger partial charge in [-0.1, -0.05) is 48.9 Å². The number of imide groups is 1. The first-order valence-corrected chi connectivity index (χ1v) is 10.3. The smallest absolute Gasteiger partial charge is 0.325 e. The molecule has 1 fully saturated rings. The van der Waals surface area contributed by atoms with Crippen LogP contribution in [0.1, 0.15) is 24.5 Å². The third kappa shape index (κ3) is 4.83. The summed E-state index contributed by atoms with van der Waals surface area (Å²) in [6.45, 7) is 2.66. The summed E-state index contributed by atoms with van der Waals surface area (Å²) in [5.41, 5.74) is 4.53. The van der Waals surface area contributed by atoms with E-state index in [4.69, 9.17) is 16.3 Å². The monoisotopic (exact) mass is 458 g/mol. The number of hydrogen-bond donors (Lipinski definition) is 3. The molecule has 3 N–H and O–H groups in total. The molecule has 0 radical (unpaired) electrons. The van der Waals surface area contributed by atoms with Crippen molar-refractivity contribution in [1.82, 2.24) is 21.1 Å². The number of benzene rings is 2. The SMILES string of the molecule is CC[C@]1(c2ccccc2)NC(=O)N(CC(=O)NNC(=O)COc2ccc(Cl)cc2C)C1=O. The Balaban J connectivity index is 1.54. The molecule has 1 saturated heterocycles. The van der Waals surface area contributed by atoms with Crippen LogP contribution in [-0.2, 0) is 19.9 Å². The average Bonchev–Trinajstić information content (AvgIpc) is 3.02. The normalized spacial score (nSPS) is 17.7. The van der Waals surface area contributed by atoms with E-state index in [1.165, 1.54) is 0 Å². The van der Waals surface area contributed by atoms with Crippen LogP contribution in [0.2, 0.25) is 5.02 Å². The molecule has 1 aliphatic rings. The molecule has 3 rings (SSSR count). The lowest BCUT2D eigenvalue weighted by molar-refractivity contribution is -0.136. The van der Waals surface area contributed by atoms with Crippen molar-refractivity contribution in [1.29, 1.82) is 0 Å². The number of ether oxygens (including phenoxy) is 1. The lowest BCUT2D eigenvalue weighted by Crippen LogP contribution is -2.49. The Morgan fingerprint density at radius 3 is 2.44 bits per heavy atom. The van der Waals surface area contributed by atoms with Crippen LogP contribution in [0.5, 0.6) is 5.75 Å². The van der Waals surface area contributed by atoms with E-state index < -0.39 is 35.8 Å². The number of aryl methyl sites for hydroxylation is 1. The van der Waals surface area contributed by atoms with Crippen molar-refractivity contribution in [2.75, 3.05) is 13.2 Å². The number of urea groups is 1. The topological polar surface area (TPSA) is 117 Å². The van der Waals surface area contributed by atoms with Gasteiger partial charge in [-0.2, -0.15) is 0 Å². The number of nitrogens with one attached hydrogen (secondary N) is 3. The number of hydrogen-bond acceptors (Lipinski definition) is 5. The molecule has 0 spiro atoms. The fourth-order valence-electron chi connectivity index (χ4n) is 3.41. The molecule has 2 aromatic rings. The number of nitrogens with zero attached hydrogens (tertiary/aromatic N) is 1. The second-order valence-corrected chi connectivity index (χ2v) is 7.68. The number of carbonyl (C=O) groups excluding carboxylic acids is 4. The summed E-state index contributed by atoms with van der Waals surface area (Å²) in [5, 5.41) is 3.24. The highest BCUT2D eigenvalue weighted by Gasteiger charge is 2.51. The summed E-state index contributed by atoms with van der Waals surface area (Å²) in [7, 11) is 0. The van der Waals surface area contributed by atoms with Crippen LogP contribution >= 0.6 is 11.6 Å². The Morgan fingerprint density at radius 2 is 1.78 bits per heavy atom. The molecule has 168 valence electrons. The Morgan fingerprint density at radius 1 is 1.09 bits per heavy atom. The van der Waals surface area contributed by atoms with Gasteiger partial charge in [-0.05, 0) is 42.7 Å². The van der Waals surface area contributed by atoms with Crippen LogP contribution < -0.4 is 20.9 Å². The minimum atomic E-state index is -1.23. The van der Waals surface area contributed by atoms with E-state index in [2.05, 4.69) is 16.2 Å². The highest BCUT2D eigenvalue weighted by molar-refractivity contribution is 6.30. The van der Waals surface area contributed by atoms with Crippen molar-refractivity contribution in [3.05, 3.63) is 64.7 Å². The van der Waals surface area contributed by atoms with Crippen LogP contribution in [0.15, 0.2) is 48.5 Å². The van der Waals surface area contributed by atoms with Gasteiger partial charge >= 0.3 is 6.03 Å². The molecule has 1 aliphatic heterocycles. The third-order valence-corrected chi connectivity index (χ3v) is 5.35. The lowest BCUT2D eigenvalue weighted by atomic mass is 9.87. The van der Waals surface area contributed by atoms with Crippen molar-refractivity contribution < 1.29 is 23.9 Å². The fourth-order valence-corrected chi connectivity index (χ4v) is 3.64. The molecule has 9 nitrogen and oxygen atoms in total. The minimum Gasteiger partial charge on any atom is -0.483 e. The minimum absolute atomic E-state index is 0.317. The van der Waals surface area contributed by atoms with Crippen molar-refractivity contribution in [2.24, 2.45) is 0 Å². The second-order valence-electron chi connectivity index (χ2n) is 7.24. The summed E-state index contributed by atoms with van der Waals surface area (Å²) < 4.78 is 5.39. The second kappa shape index (κ2) is 9.69. The van der Waals surface area contributed by atoms with E-state index in [0.717, 1.165) is 10.5 Å². The molecule has 1 atom stereocenters. The maximum absolute atomic E-state index is 13.0. The molecule has 2 aromatic carbocycles.